The third-order valence-electron chi connectivity index (χ3n) is 6.20. The second kappa shape index (κ2) is 9.52. The molecule has 4 aromatic rings. The van der Waals surface area contributed by atoms with Crippen molar-refractivity contribution in [1.82, 2.24) is 24.0 Å². The molecule has 0 atom stereocenters. The van der Waals surface area contributed by atoms with E-state index >= 15 is 0 Å². The van der Waals surface area contributed by atoms with Crippen LogP contribution in [0.25, 0.3) is 16.9 Å². The topological polar surface area (TPSA) is 132 Å². The molecule has 0 bridgehead atoms. The number of nitrogens with two attached hydrogens (primary N) is 1. The largest absolute Gasteiger partial charge is 0.457 e. The van der Waals surface area contributed by atoms with Gasteiger partial charge in [-0.15, -0.1) is 0 Å². The Morgan fingerprint density at radius 1 is 1.08 bits per heavy atom. The number of para-hydroxylation sites is 1. The first-order chi connectivity index (χ1) is 18.2. The lowest BCUT2D eigenvalue weighted by Gasteiger charge is -2.39. The van der Waals surface area contributed by atoms with Crippen LogP contribution in [0.15, 0.2) is 77.4 Å². The lowest BCUT2D eigenvalue weighted by molar-refractivity contribution is -0.132. The first-order valence-electron chi connectivity index (χ1n) is 12.2. The summed E-state index contributed by atoms with van der Waals surface area (Å²) in [7, 11) is 0. The second-order valence-corrected chi connectivity index (χ2v) is 10.2. The summed E-state index contributed by atoms with van der Waals surface area (Å²) in [5.74, 6) is 1.14. The van der Waals surface area contributed by atoms with Gasteiger partial charge in [-0.05, 0) is 41.8 Å². The fraction of sp³-hybridized carbons (Fsp3) is 0.250. The van der Waals surface area contributed by atoms with Gasteiger partial charge in [0.25, 0.3) is 5.91 Å². The second-order valence-electron chi connectivity index (χ2n) is 10.2. The molecule has 2 N–H and O–H groups in total. The quantitative estimate of drug-likeness (QED) is 0.319. The minimum atomic E-state index is -0.349. The summed E-state index contributed by atoms with van der Waals surface area (Å²) in [5.41, 5.74) is 6.99. The maximum absolute atomic E-state index is 13.7. The minimum Gasteiger partial charge on any atom is -0.457 e. The van der Waals surface area contributed by atoms with Gasteiger partial charge in [0.15, 0.2) is 11.5 Å². The molecular weight excluding hydrogens is 482 g/mol. The number of nitrogen functional groups attached to an aromatic ring is 1. The van der Waals surface area contributed by atoms with Gasteiger partial charge in [-0.25, -0.2) is 14.8 Å². The number of carbonyl (C=O) groups is 1. The summed E-state index contributed by atoms with van der Waals surface area (Å²) < 4.78 is 8.89. The molecule has 38 heavy (non-hydrogen) atoms. The zero-order chi connectivity index (χ0) is 27.0. The van der Waals surface area contributed by atoms with E-state index in [1.807, 2.05) is 57.2 Å². The molecule has 0 unspecified atom stereocenters. The molecule has 3 heterocycles. The maximum Gasteiger partial charge on any atom is 0.335 e. The van der Waals surface area contributed by atoms with Gasteiger partial charge in [-0.3, -0.25) is 13.9 Å². The third-order valence-corrected chi connectivity index (χ3v) is 6.20. The van der Waals surface area contributed by atoms with Gasteiger partial charge in [0.1, 0.15) is 35.0 Å². The Morgan fingerprint density at radius 3 is 2.37 bits per heavy atom. The van der Waals surface area contributed by atoms with Gasteiger partial charge in [0.2, 0.25) is 0 Å². The van der Waals surface area contributed by atoms with Gasteiger partial charge >= 0.3 is 5.69 Å². The van der Waals surface area contributed by atoms with Crippen LogP contribution >= 0.6 is 0 Å². The van der Waals surface area contributed by atoms with Crippen molar-refractivity contribution in [2.24, 2.45) is 5.41 Å². The molecule has 10 nitrogen and oxygen atoms in total. The van der Waals surface area contributed by atoms with Gasteiger partial charge in [0, 0.05) is 13.1 Å². The number of likely N-dealkylation sites (tertiary alicyclic amines) is 1. The number of amides is 1. The minimum absolute atomic E-state index is 0.0927. The van der Waals surface area contributed by atoms with E-state index in [-0.39, 0.29) is 47.5 Å². The summed E-state index contributed by atoms with van der Waals surface area (Å²) in [4.78, 5) is 36.6. The van der Waals surface area contributed by atoms with Crippen LogP contribution in [0.2, 0.25) is 0 Å². The highest BCUT2D eigenvalue weighted by molar-refractivity contribution is 5.98. The van der Waals surface area contributed by atoms with Gasteiger partial charge in [0.05, 0.1) is 11.7 Å². The summed E-state index contributed by atoms with van der Waals surface area (Å²) in [6.07, 6.45) is 2.98. The van der Waals surface area contributed by atoms with Crippen molar-refractivity contribution < 1.29 is 9.53 Å². The predicted molar refractivity (Wildman–Crippen MR) is 143 cm³/mol. The number of fused-ring (bicyclic) bond motifs is 1. The number of hydrogen-bond acceptors (Lipinski definition) is 7. The van der Waals surface area contributed by atoms with Crippen LogP contribution in [0.5, 0.6) is 11.5 Å². The number of anilines is 1. The van der Waals surface area contributed by atoms with Crippen molar-refractivity contribution in [2.75, 3.05) is 18.8 Å². The first kappa shape index (κ1) is 24.8. The van der Waals surface area contributed by atoms with Crippen LogP contribution in [0.3, 0.4) is 0 Å². The van der Waals surface area contributed by atoms with Gasteiger partial charge < -0.3 is 15.4 Å². The number of nitriles is 1. The Balaban J connectivity index is 1.46. The van der Waals surface area contributed by atoms with Crippen LogP contribution in [0.4, 0.5) is 5.82 Å². The van der Waals surface area contributed by atoms with Crippen molar-refractivity contribution >= 4 is 22.9 Å². The van der Waals surface area contributed by atoms with E-state index in [1.165, 1.54) is 10.9 Å². The third kappa shape index (κ3) is 4.62. The predicted octanol–water partition coefficient (Wildman–Crippen LogP) is 3.84. The van der Waals surface area contributed by atoms with E-state index in [0.29, 0.717) is 28.4 Å². The lowest BCUT2D eigenvalue weighted by Crippen LogP contribution is -2.53. The summed E-state index contributed by atoms with van der Waals surface area (Å²) >= 11 is 0. The molecule has 1 aliphatic rings. The lowest BCUT2D eigenvalue weighted by atomic mass is 9.93. The van der Waals surface area contributed by atoms with Gasteiger partial charge in [-0.2, -0.15) is 5.26 Å². The van der Waals surface area contributed by atoms with Crippen LogP contribution in [0.1, 0.15) is 26.8 Å². The molecule has 1 aliphatic heterocycles. The molecule has 1 amide bonds. The zero-order valence-electron chi connectivity index (χ0n) is 21.3. The van der Waals surface area contributed by atoms with Crippen LogP contribution in [-0.2, 0) is 4.79 Å². The number of nitrogens with zero attached hydrogens (tertiary/aromatic N) is 6. The first-order valence-corrected chi connectivity index (χ1v) is 12.2. The molecular formula is C28H27N7O3. The molecule has 10 heteroatoms. The van der Waals surface area contributed by atoms with E-state index in [1.54, 1.807) is 39.8 Å². The van der Waals surface area contributed by atoms with Crippen molar-refractivity contribution in [2.45, 2.75) is 26.8 Å². The fourth-order valence-electron chi connectivity index (χ4n) is 4.45. The zero-order valence-corrected chi connectivity index (χ0v) is 21.3. The monoisotopic (exact) mass is 509 g/mol. The Labute approximate surface area is 219 Å². The highest BCUT2D eigenvalue weighted by atomic mass is 16.5. The average molecular weight is 510 g/mol. The summed E-state index contributed by atoms with van der Waals surface area (Å²) in [6.45, 7) is 6.32. The van der Waals surface area contributed by atoms with Crippen molar-refractivity contribution in [3.8, 4) is 23.3 Å². The number of imidazole rings is 1. The molecule has 192 valence electrons. The van der Waals surface area contributed by atoms with Crippen molar-refractivity contribution in [1.29, 1.82) is 5.26 Å². The Hall–Kier alpha value is -4.91. The van der Waals surface area contributed by atoms with E-state index < -0.39 is 0 Å². The standard InChI is InChI=1S/C28H27N7O3/c1-28(2,3)13-18(14-29)26(36)33-15-20(16-33)35-25-23(24(30)31-17-32-25)34(27(35)37)19-9-11-22(12-10-19)38-21-7-5-4-6-8-21/h4-13,17,20H,15-16H2,1-3H3,(H2,30,31,32). The van der Waals surface area contributed by atoms with Crippen LogP contribution in [0, 0.1) is 16.7 Å². The molecule has 0 saturated carbocycles. The van der Waals surface area contributed by atoms with E-state index in [2.05, 4.69) is 9.97 Å². The molecule has 2 aromatic heterocycles. The van der Waals surface area contributed by atoms with E-state index in [9.17, 15) is 14.9 Å². The molecule has 0 radical (unpaired) electrons. The number of benzene rings is 2. The highest BCUT2D eigenvalue weighted by Crippen LogP contribution is 2.30. The molecule has 1 saturated heterocycles. The summed E-state index contributed by atoms with van der Waals surface area (Å²) in [5, 5.41) is 9.49. The summed E-state index contributed by atoms with van der Waals surface area (Å²) in [6, 6.07) is 18.2. The highest BCUT2D eigenvalue weighted by Gasteiger charge is 2.37. The molecule has 0 spiro atoms. The SMILES string of the molecule is CC(C)(C)C=C(C#N)C(=O)N1CC(n2c(=O)n(-c3ccc(Oc4ccccc4)cc3)c3c(N)ncnc32)C1. The Morgan fingerprint density at radius 2 is 1.74 bits per heavy atom. The maximum atomic E-state index is 13.7. The number of rotatable bonds is 5. The van der Waals surface area contributed by atoms with Crippen molar-refractivity contribution in [3.05, 3.63) is 83.1 Å². The van der Waals surface area contributed by atoms with Crippen LogP contribution < -0.4 is 16.2 Å². The Bertz CT molecular complexity index is 1630. The molecule has 2 aromatic carbocycles. The average Bonchev–Trinajstić information content (AvgIpc) is 3.15. The smallest absolute Gasteiger partial charge is 0.335 e. The number of aromatic nitrogens is 4. The van der Waals surface area contributed by atoms with Gasteiger partial charge in [-0.1, -0.05) is 45.0 Å². The van der Waals surface area contributed by atoms with E-state index in [0.717, 1.165) is 0 Å². The molecule has 0 aliphatic carbocycles. The Kier molecular flexibility index (Phi) is 6.20. The number of ether oxygens (including phenoxy) is 1. The molecule has 1 fully saturated rings. The van der Waals surface area contributed by atoms with Crippen LogP contribution in [-0.4, -0.2) is 43.0 Å². The number of hydrogen-bond donors (Lipinski definition) is 1. The number of carbonyl (C=O) groups excluding carboxylic acids is 1. The fourth-order valence-corrected chi connectivity index (χ4v) is 4.45. The number of allylic oxidation sites excluding steroid dienone is 1. The normalized spacial score (nSPS) is 14.3. The van der Waals surface area contributed by atoms with Crippen molar-refractivity contribution in [3.63, 3.8) is 0 Å². The van der Waals surface area contributed by atoms with E-state index in [4.69, 9.17) is 10.5 Å². The molecule has 5 rings (SSSR count).